The van der Waals surface area contributed by atoms with Gasteiger partial charge in [-0.3, -0.25) is 4.79 Å². The summed E-state index contributed by atoms with van der Waals surface area (Å²) in [6.45, 7) is 5.19. The van der Waals surface area contributed by atoms with Gasteiger partial charge in [0, 0.05) is 13.0 Å². The maximum Gasteiger partial charge on any atom is 0.306 e. The summed E-state index contributed by atoms with van der Waals surface area (Å²) in [7, 11) is 0. The van der Waals surface area contributed by atoms with Crippen LogP contribution in [0, 0.1) is 0 Å². The van der Waals surface area contributed by atoms with Crippen LogP contribution in [0.3, 0.4) is 0 Å². The van der Waals surface area contributed by atoms with Gasteiger partial charge in [-0.15, -0.1) is 0 Å². The first kappa shape index (κ1) is 48.8. The Morgan fingerprint density at radius 1 is 0.490 bits per heavy atom. The second-order valence-corrected chi connectivity index (χ2v) is 14.0. The molecule has 1 atom stereocenters. The Labute approximate surface area is 317 Å². The number of esters is 1. The van der Waals surface area contributed by atoms with E-state index in [1.807, 2.05) is 0 Å². The van der Waals surface area contributed by atoms with Gasteiger partial charge in [-0.25, -0.2) is 0 Å². The number of rotatable bonds is 39. The molecule has 0 aromatic rings. The van der Waals surface area contributed by atoms with E-state index in [-0.39, 0.29) is 19.2 Å². The Morgan fingerprint density at radius 3 is 1.33 bits per heavy atom. The molecule has 0 aliphatic rings. The Kier molecular flexibility index (Phi) is 42.1. The van der Waals surface area contributed by atoms with E-state index in [0.717, 1.165) is 64.2 Å². The van der Waals surface area contributed by atoms with Crippen LogP contribution in [0.25, 0.3) is 0 Å². The standard InChI is InChI=1S/C47H82O4/c1-3-5-7-9-11-13-15-17-19-21-23-25-27-29-31-33-35-37-39-41-43-50-45-46(44-48)51-47(49)42-40-38-36-34-32-30-28-26-24-22-20-18-16-14-12-10-8-6-4-2/h6,8,11-14,17-20,24,26,46,48H,3-5,7,9-10,15-16,21-23,25,27-45H2,1-2H3/b8-6-,13-11-,14-12-,19-17-,20-18-,26-24-. The number of carbonyl (C=O) groups excluding carboxylic acids is 1. The fourth-order valence-electron chi connectivity index (χ4n) is 5.82. The van der Waals surface area contributed by atoms with Gasteiger partial charge in [-0.2, -0.15) is 0 Å². The first-order valence-electron chi connectivity index (χ1n) is 21.5. The SMILES string of the molecule is CC/C=C\C/C=C\C/C=C\C/C=C\CCCCCCCCC(=O)OC(CO)COCCCCCCCCCCCC/C=C\C/C=C\CCCCC. The van der Waals surface area contributed by atoms with Crippen LogP contribution in [0.2, 0.25) is 0 Å². The van der Waals surface area contributed by atoms with E-state index in [1.54, 1.807) is 0 Å². The summed E-state index contributed by atoms with van der Waals surface area (Å²) in [5.74, 6) is -0.217. The molecule has 0 heterocycles. The molecule has 1 N–H and O–H groups in total. The highest BCUT2D eigenvalue weighted by Crippen LogP contribution is 2.13. The van der Waals surface area contributed by atoms with E-state index in [2.05, 4.69) is 86.8 Å². The predicted octanol–water partition coefficient (Wildman–Crippen LogP) is 14.2. The molecule has 4 heteroatoms. The molecule has 0 saturated carbocycles. The number of aliphatic hydroxyl groups excluding tert-OH is 1. The van der Waals surface area contributed by atoms with Gasteiger partial charge in [0.1, 0.15) is 6.10 Å². The summed E-state index contributed by atoms with van der Waals surface area (Å²) >= 11 is 0. The molecule has 0 aliphatic heterocycles. The van der Waals surface area contributed by atoms with Crippen molar-refractivity contribution in [2.24, 2.45) is 0 Å². The minimum atomic E-state index is -0.547. The van der Waals surface area contributed by atoms with Crippen molar-refractivity contribution in [2.45, 2.75) is 200 Å². The Balaban J connectivity index is 3.48. The second-order valence-electron chi connectivity index (χ2n) is 14.0. The normalized spacial score (nSPS) is 13.1. The van der Waals surface area contributed by atoms with Crippen LogP contribution in [-0.4, -0.2) is 37.0 Å². The fraction of sp³-hybridized carbons (Fsp3) is 0.723. The molecular formula is C47H82O4. The highest BCUT2D eigenvalue weighted by atomic mass is 16.6. The molecule has 4 nitrogen and oxygen atoms in total. The molecule has 0 aromatic heterocycles. The third kappa shape index (κ3) is 42.1. The third-order valence-electron chi connectivity index (χ3n) is 9.02. The summed E-state index contributed by atoms with van der Waals surface area (Å²) in [6.07, 6.45) is 59.6. The van der Waals surface area contributed by atoms with Gasteiger partial charge >= 0.3 is 5.97 Å². The van der Waals surface area contributed by atoms with Gasteiger partial charge in [0.25, 0.3) is 0 Å². The van der Waals surface area contributed by atoms with E-state index in [4.69, 9.17) is 9.47 Å². The van der Waals surface area contributed by atoms with Crippen LogP contribution in [0.15, 0.2) is 72.9 Å². The van der Waals surface area contributed by atoms with Gasteiger partial charge < -0.3 is 14.6 Å². The van der Waals surface area contributed by atoms with Crippen molar-refractivity contribution in [3.8, 4) is 0 Å². The summed E-state index contributed by atoms with van der Waals surface area (Å²) < 4.78 is 11.2. The highest BCUT2D eigenvalue weighted by Gasteiger charge is 2.13. The molecular weight excluding hydrogens is 629 g/mol. The molecule has 0 aromatic carbocycles. The quantitative estimate of drug-likeness (QED) is 0.0392. The second kappa shape index (κ2) is 44.0. The number of aliphatic hydroxyl groups is 1. The molecule has 0 bridgehead atoms. The zero-order chi connectivity index (χ0) is 37.0. The van der Waals surface area contributed by atoms with Gasteiger partial charge in [0.2, 0.25) is 0 Å². The lowest BCUT2D eigenvalue weighted by Crippen LogP contribution is -2.27. The lowest BCUT2D eigenvalue weighted by Gasteiger charge is -2.15. The fourth-order valence-corrected chi connectivity index (χ4v) is 5.82. The Morgan fingerprint density at radius 2 is 0.882 bits per heavy atom. The average Bonchev–Trinajstić information content (AvgIpc) is 3.14. The van der Waals surface area contributed by atoms with Crippen molar-refractivity contribution in [1.29, 1.82) is 0 Å². The summed E-state index contributed by atoms with van der Waals surface area (Å²) in [6, 6.07) is 0. The van der Waals surface area contributed by atoms with E-state index in [1.165, 1.54) is 109 Å². The first-order valence-corrected chi connectivity index (χ1v) is 21.5. The molecule has 0 fully saturated rings. The zero-order valence-corrected chi connectivity index (χ0v) is 33.6. The van der Waals surface area contributed by atoms with Crippen LogP contribution in [0.4, 0.5) is 0 Å². The van der Waals surface area contributed by atoms with Gasteiger partial charge in [-0.1, -0.05) is 177 Å². The van der Waals surface area contributed by atoms with Crippen molar-refractivity contribution in [3.63, 3.8) is 0 Å². The smallest absolute Gasteiger partial charge is 0.306 e. The molecule has 51 heavy (non-hydrogen) atoms. The summed E-state index contributed by atoms with van der Waals surface area (Å²) in [4.78, 5) is 12.2. The van der Waals surface area contributed by atoms with Crippen molar-refractivity contribution in [2.75, 3.05) is 19.8 Å². The van der Waals surface area contributed by atoms with Crippen molar-refractivity contribution in [1.82, 2.24) is 0 Å². The molecule has 0 aliphatic carbocycles. The molecule has 0 rings (SSSR count). The minimum Gasteiger partial charge on any atom is -0.457 e. The number of allylic oxidation sites excluding steroid dienone is 12. The zero-order valence-electron chi connectivity index (χ0n) is 33.6. The van der Waals surface area contributed by atoms with Crippen LogP contribution >= 0.6 is 0 Å². The largest absolute Gasteiger partial charge is 0.457 e. The van der Waals surface area contributed by atoms with Gasteiger partial charge in [-0.05, 0) is 83.5 Å². The molecule has 1 unspecified atom stereocenters. The van der Waals surface area contributed by atoms with Crippen molar-refractivity contribution < 1.29 is 19.4 Å². The van der Waals surface area contributed by atoms with E-state index in [9.17, 15) is 9.90 Å². The van der Waals surface area contributed by atoms with Gasteiger partial charge in [0.05, 0.1) is 13.2 Å². The number of hydrogen-bond acceptors (Lipinski definition) is 4. The molecule has 0 amide bonds. The summed E-state index contributed by atoms with van der Waals surface area (Å²) in [5.41, 5.74) is 0. The molecule has 294 valence electrons. The van der Waals surface area contributed by atoms with Crippen LogP contribution < -0.4 is 0 Å². The molecule has 0 saturated heterocycles. The number of carbonyl (C=O) groups is 1. The number of unbranched alkanes of at least 4 members (excludes halogenated alkanes) is 19. The predicted molar refractivity (Wildman–Crippen MR) is 223 cm³/mol. The number of ether oxygens (including phenoxy) is 2. The molecule has 0 spiro atoms. The van der Waals surface area contributed by atoms with Crippen LogP contribution in [0.5, 0.6) is 0 Å². The Hall–Kier alpha value is -2.17. The van der Waals surface area contributed by atoms with Gasteiger partial charge in [0.15, 0.2) is 0 Å². The third-order valence-corrected chi connectivity index (χ3v) is 9.02. The van der Waals surface area contributed by atoms with Crippen LogP contribution in [-0.2, 0) is 14.3 Å². The Bertz CT molecular complexity index is 881. The monoisotopic (exact) mass is 711 g/mol. The van der Waals surface area contributed by atoms with E-state index in [0.29, 0.717) is 13.0 Å². The minimum absolute atomic E-state index is 0.182. The van der Waals surface area contributed by atoms with Crippen molar-refractivity contribution >= 4 is 5.97 Å². The topological polar surface area (TPSA) is 55.8 Å². The number of hydrogen-bond donors (Lipinski definition) is 1. The van der Waals surface area contributed by atoms with Crippen molar-refractivity contribution in [3.05, 3.63) is 72.9 Å². The average molecular weight is 711 g/mol. The highest BCUT2D eigenvalue weighted by molar-refractivity contribution is 5.69. The summed E-state index contributed by atoms with van der Waals surface area (Å²) in [5, 5.41) is 9.61. The van der Waals surface area contributed by atoms with E-state index < -0.39 is 6.10 Å². The van der Waals surface area contributed by atoms with E-state index >= 15 is 0 Å². The maximum atomic E-state index is 12.2. The molecule has 0 radical (unpaired) electrons. The lowest BCUT2D eigenvalue weighted by atomic mass is 10.1. The lowest BCUT2D eigenvalue weighted by molar-refractivity contribution is -0.154. The first-order chi connectivity index (χ1) is 25.2. The van der Waals surface area contributed by atoms with Crippen LogP contribution in [0.1, 0.15) is 194 Å². The maximum absolute atomic E-state index is 12.2.